The SMILES string of the molecule is NC1C=CC=CN1C1CCOC1. The quantitative estimate of drug-likeness (QED) is 0.614. The number of nitrogens with zero attached hydrogens (tertiary/aromatic N) is 1. The van der Waals surface area contributed by atoms with Gasteiger partial charge in [0.1, 0.15) is 0 Å². The van der Waals surface area contributed by atoms with Crippen LogP contribution in [-0.2, 0) is 4.74 Å². The van der Waals surface area contributed by atoms with Crippen LogP contribution in [0.3, 0.4) is 0 Å². The molecule has 2 unspecified atom stereocenters. The molecule has 0 radical (unpaired) electrons. The largest absolute Gasteiger partial charge is 0.379 e. The van der Waals surface area contributed by atoms with Crippen molar-refractivity contribution in [2.75, 3.05) is 13.2 Å². The van der Waals surface area contributed by atoms with E-state index >= 15 is 0 Å². The third kappa shape index (κ3) is 1.38. The lowest BCUT2D eigenvalue weighted by Crippen LogP contribution is -2.44. The van der Waals surface area contributed by atoms with Crippen molar-refractivity contribution >= 4 is 0 Å². The zero-order valence-corrected chi connectivity index (χ0v) is 7.02. The van der Waals surface area contributed by atoms with Crippen molar-refractivity contribution in [2.24, 2.45) is 5.73 Å². The fourth-order valence-electron chi connectivity index (χ4n) is 1.65. The number of allylic oxidation sites excluding steroid dienone is 2. The van der Waals surface area contributed by atoms with Gasteiger partial charge in [0.25, 0.3) is 0 Å². The summed E-state index contributed by atoms with van der Waals surface area (Å²) in [5.41, 5.74) is 5.89. The van der Waals surface area contributed by atoms with Crippen molar-refractivity contribution in [3.63, 3.8) is 0 Å². The average Bonchev–Trinajstić information content (AvgIpc) is 2.57. The van der Waals surface area contributed by atoms with E-state index in [4.69, 9.17) is 10.5 Å². The highest BCUT2D eigenvalue weighted by atomic mass is 16.5. The minimum absolute atomic E-state index is 0.0294. The molecule has 3 heteroatoms. The molecule has 0 aromatic carbocycles. The Bertz CT molecular complexity index is 207. The van der Waals surface area contributed by atoms with Crippen molar-refractivity contribution in [1.82, 2.24) is 4.90 Å². The molecule has 0 saturated carbocycles. The number of hydrogen-bond acceptors (Lipinski definition) is 3. The molecule has 12 heavy (non-hydrogen) atoms. The number of hydrogen-bond donors (Lipinski definition) is 1. The first kappa shape index (κ1) is 7.83. The molecule has 3 nitrogen and oxygen atoms in total. The monoisotopic (exact) mass is 166 g/mol. The molecule has 2 rings (SSSR count). The second kappa shape index (κ2) is 3.29. The van der Waals surface area contributed by atoms with Gasteiger partial charge in [-0.2, -0.15) is 0 Å². The first-order chi connectivity index (χ1) is 5.88. The molecule has 0 amide bonds. The highest BCUT2D eigenvalue weighted by Gasteiger charge is 2.24. The maximum absolute atomic E-state index is 5.89. The van der Waals surface area contributed by atoms with Crippen molar-refractivity contribution < 1.29 is 4.74 Å². The molecule has 2 aliphatic heterocycles. The molecule has 1 fully saturated rings. The first-order valence-electron chi connectivity index (χ1n) is 4.34. The van der Waals surface area contributed by atoms with Crippen LogP contribution >= 0.6 is 0 Å². The van der Waals surface area contributed by atoms with Crippen molar-refractivity contribution in [3.05, 3.63) is 24.4 Å². The minimum atomic E-state index is 0.0294. The molecule has 0 spiro atoms. The summed E-state index contributed by atoms with van der Waals surface area (Å²) in [7, 11) is 0. The normalized spacial score (nSPS) is 34.6. The highest BCUT2D eigenvalue weighted by molar-refractivity contribution is 5.13. The minimum Gasteiger partial charge on any atom is -0.379 e. The molecule has 0 aromatic rings. The van der Waals surface area contributed by atoms with Crippen molar-refractivity contribution in [2.45, 2.75) is 18.6 Å². The van der Waals surface area contributed by atoms with E-state index in [9.17, 15) is 0 Å². The van der Waals surface area contributed by atoms with E-state index in [2.05, 4.69) is 4.90 Å². The predicted molar refractivity (Wildman–Crippen MR) is 47.3 cm³/mol. The van der Waals surface area contributed by atoms with E-state index in [0.29, 0.717) is 6.04 Å². The molecule has 2 atom stereocenters. The Hall–Kier alpha value is -0.800. The zero-order valence-electron chi connectivity index (χ0n) is 7.02. The fraction of sp³-hybridized carbons (Fsp3) is 0.556. The van der Waals surface area contributed by atoms with Crippen LogP contribution in [0.2, 0.25) is 0 Å². The molecular formula is C9H14N2O. The van der Waals surface area contributed by atoms with Gasteiger partial charge in [0.15, 0.2) is 0 Å². The van der Waals surface area contributed by atoms with E-state index in [1.54, 1.807) is 0 Å². The Morgan fingerprint density at radius 1 is 1.42 bits per heavy atom. The number of rotatable bonds is 1. The van der Waals surface area contributed by atoms with Crippen LogP contribution < -0.4 is 5.73 Å². The summed E-state index contributed by atoms with van der Waals surface area (Å²) < 4.78 is 5.30. The van der Waals surface area contributed by atoms with Crippen LogP contribution in [0.5, 0.6) is 0 Å². The van der Waals surface area contributed by atoms with Crippen LogP contribution in [0.15, 0.2) is 24.4 Å². The third-order valence-corrected chi connectivity index (χ3v) is 2.35. The summed E-state index contributed by atoms with van der Waals surface area (Å²) >= 11 is 0. The summed E-state index contributed by atoms with van der Waals surface area (Å²) in [4.78, 5) is 2.16. The third-order valence-electron chi connectivity index (χ3n) is 2.35. The van der Waals surface area contributed by atoms with Crippen LogP contribution in [0, 0.1) is 0 Å². The molecule has 0 aromatic heterocycles. The van der Waals surface area contributed by atoms with Gasteiger partial charge in [-0.05, 0) is 18.6 Å². The van der Waals surface area contributed by atoms with Gasteiger partial charge in [0.2, 0.25) is 0 Å². The molecule has 0 aliphatic carbocycles. The van der Waals surface area contributed by atoms with Gasteiger partial charge in [-0.25, -0.2) is 0 Å². The van der Waals surface area contributed by atoms with Crippen molar-refractivity contribution in [1.29, 1.82) is 0 Å². The van der Waals surface area contributed by atoms with Gasteiger partial charge in [0, 0.05) is 12.8 Å². The average molecular weight is 166 g/mol. The van der Waals surface area contributed by atoms with E-state index in [-0.39, 0.29) is 6.17 Å². The topological polar surface area (TPSA) is 38.5 Å². The van der Waals surface area contributed by atoms with Gasteiger partial charge in [-0.1, -0.05) is 6.08 Å². The second-order valence-electron chi connectivity index (χ2n) is 3.18. The summed E-state index contributed by atoms with van der Waals surface area (Å²) in [6.45, 7) is 1.68. The smallest absolute Gasteiger partial charge is 0.0963 e. The Labute approximate surface area is 72.5 Å². The maximum atomic E-state index is 5.89. The Morgan fingerprint density at radius 3 is 3.00 bits per heavy atom. The Morgan fingerprint density at radius 2 is 2.33 bits per heavy atom. The standard InChI is InChI=1S/C9H14N2O/c10-9-3-1-2-5-11(9)8-4-6-12-7-8/h1-3,5,8-9H,4,6-7,10H2. The summed E-state index contributed by atoms with van der Waals surface area (Å²) in [6, 6.07) is 0.473. The van der Waals surface area contributed by atoms with Gasteiger partial charge >= 0.3 is 0 Å². The number of nitrogens with two attached hydrogens (primary N) is 1. The summed E-state index contributed by atoms with van der Waals surface area (Å²) in [5, 5.41) is 0. The predicted octanol–water partition coefficient (Wildman–Crippen LogP) is 0.446. The van der Waals surface area contributed by atoms with Gasteiger partial charge in [-0.15, -0.1) is 0 Å². The molecule has 2 aliphatic rings. The Kier molecular flexibility index (Phi) is 2.15. The lowest BCUT2D eigenvalue weighted by atomic mass is 10.2. The summed E-state index contributed by atoms with van der Waals surface area (Å²) in [5.74, 6) is 0. The van der Waals surface area contributed by atoms with Crippen molar-refractivity contribution in [3.8, 4) is 0 Å². The Balaban J connectivity index is 2.02. The fourth-order valence-corrected chi connectivity index (χ4v) is 1.65. The maximum Gasteiger partial charge on any atom is 0.0963 e. The van der Waals surface area contributed by atoms with E-state index < -0.39 is 0 Å². The van der Waals surface area contributed by atoms with E-state index in [1.165, 1.54) is 0 Å². The zero-order chi connectivity index (χ0) is 8.39. The highest BCUT2D eigenvalue weighted by Crippen LogP contribution is 2.16. The molecule has 2 N–H and O–H groups in total. The van der Waals surface area contributed by atoms with Crippen LogP contribution in [0.25, 0.3) is 0 Å². The van der Waals surface area contributed by atoms with Crippen LogP contribution in [0.1, 0.15) is 6.42 Å². The van der Waals surface area contributed by atoms with Gasteiger partial charge < -0.3 is 15.4 Å². The molecular weight excluding hydrogens is 152 g/mol. The molecule has 2 heterocycles. The second-order valence-corrected chi connectivity index (χ2v) is 3.18. The summed E-state index contributed by atoms with van der Waals surface area (Å²) in [6.07, 6.45) is 9.16. The van der Waals surface area contributed by atoms with E-state index in [1.807, 2.05) is 24.4 Å². The lowest BCUT2D eigenvalue weighted by Gasteiger charge is -2.32. The number of ether oxygens (including phenoxy) is 1. The first-order valence-corrected chi connectivity index (χ1v) is 4.34. The van der Waals surface area contributed by atoms with E-state index in [0.717, 1.165) is 19.6 Å². The van der Waals surface area contributed by atoms with Gasteiger partial charge in [-0.3, -0.25) is 0 Å². The lowest BCUT2D eigenvalue weighted by molar-refractivity contribution is 0.158. The molecule has 66 valence electrons. The van der Waals surface area contributed by atoms with Crippen LogP contribution in [-0.4, -0.2) is 30.3 Å². The molecule has 0 bridgehead atoms. The van der Waals surface area contributed by atoms with Crippen LogP contribution in [0.4, 0.5) is 0 Å². The molecule has 1 saturated heterocycles. The van der Waals surface area contributed by atoms with Gasteiger partial charge in [0.05, 0.1) is 18.8 Å².